The van der Waals surface area contributed by atoms with Crippen LogP contribution in [-0.4, -0.2) is 17.3 Å². The van der Waals surface area contributed by atoms with E-state index in [2.05, 4.69) is 0 Å². The van der Waals surface area contributed by atoms with Crippen LogP contribution in [0.25, 0.3) is 16.8 Å². The van der Waals surface area contributed by atoms with E-state index in [1.165, 1.54) is 34.9 Å². The second-order valence-corrected chi connectivity index (χ2v) is 8.10. The Morgan fingerprint density at radius 2 is 1.96 bits per heavy atom. The molecule has 0 radical (unpaired) electrons. The van der Waals surface area contributed by atoms with Crippen molar-refractivity contribution < 1.29 is 13.9 Å². The number of rotatable bonds is 3. The van der Waals surface area contributed by atoms with Crippen molar-refractivity contribution in [3.05, 3.63) is 75.9 Å². The van der Waals surface area contributed by atoms with Crippen molar-refractivity contribution >= 4 is 68.3 Å². The van der Waals surface area contributed by atoms with Gasteiger partial charge in [0.1, 0.15) is 11.6 Å². The molecular formula is C21H13ClFNO2S2. The quantitative estimate of drug-likeness (QED) is 0.374. The maximum atomic E-state index is 13.5. The third kappa shape index (κ3) is 3.28. The van der Waals surface area contributed by atoms with Gasteiger partial charge in [-0.25, -0.2) is 4.39 Å². The average molecular weight is 430 g/mol. The highest BCUT2D eigenvalue weighted by Crippen LogP contribution is 2.39. The summed E-state index contributed by atoms with van der Waals surface area (Å²) >= 11 is 12.4. The van der Waals surface area contributed by atoms with Crippen LogP contribution in [0.4, 0.5) is 10.1 Å². The largest absolute Gasteiger partial charge is 0.496 e. The van der Waals surface area contributed by atoms with E-state index in [4.69, 9.17) is 28.6 Å². The number of amides is 1. The number of hydrogen-bond acceptors (Lipinski definition) is 4. The molecule has 0 spiro atoms. The van der Waals surface area contributed by atoms with Crippen LogP contribution < -0.4 is 9.64 Å². The lowest BCUT2D eigenvalue weighted by atomic mass is 10.0. The van der Waals surface area contributed by atoms with Gasteiger partial charge in [-0.3, -0.25) is 9.69 Å². The van der Waals surface area contributed by atoms with Gasteiger partial charge in [-0.05, 0) is 41.1 Å². The van der Waals surface area contributed by atoms with Crippen LogP contribution in [0.15, 0.2) is 59.5 Å². The molecule has 0 saturated carbocycles. The van der Waals surface area contributed by atoms with E-state index in [1.807, 2.05) is 36.4 Å². The number of nitrogens with zero attached hydrogens (tertiary/aromatic N) is 1. The summed E-state index contributed by atoms with van der Waals surface area (Å²) in [5, 5.41) is 1.94. The number of carbonyl (C=O) groups excluding carboxylic acids is 1. The molecule has 7 heteroatoms. The minimum atomic E-state index is -0.549. The van der Waals surface area contributed by atoms with E-state index >= 15 is 0 Å². The van der Waals surface area contributed by atoms with Crippen molar-refractivity contribution in [2.75, 3.05) is 12.0 Å². The molecule has 3 nitrogen and oxygen atoms in total. The summed E-state index contributed by atoms with van der Waals surface area (Å²) in [6.07, 6.45) is 1.78. The van der Waals surface area contributed by atoms with Gasteiger partial charge < -0.3 is 4.74 Å². The molecule has 0 aliphatic carbocycles. The molecule has 3 aromatic rings. The average Bonchev–Trinajstić information content (AvgIpc) is 2.97. The first-order valence-electron chi connectivity index (χ1n) is 8.28. The number of ether oxygens (including phenoxy) is 1. The molecule has 0 atom stereocenters. The van der Waals surface area contributed by atoms with Gasteiger partial charge in [-0.15, -0.1) is 0 Å². The van der Waals surface area contributed by atoms with Crippen LogP contribution in [0.1, 0.15) is 5.56 Å². The zero-order valence-corrected chi connectivity index (χ0v) is 17.0. The number of anilines is 1. The van der Waals surface area contributed by atoms with Gasteiger partial charge in [0.15, 0.2) is 4.32 Å². The van der Waals surface area contributed by atoms with E-state index in [1.54, 1.807) is 13.2 Å². The van der Waals surface area contributed by atoms with Gasteiger partial charge in [0, 0.05) is 5.56 Å². The smallest absolute Gasteiger partial charge is 0.270 e. The summed E-state index contributed by atoms with van der Waals surface area (Å²) in [5.74, 6) is -0.173. The van der Waals surface area contributed by atoms with Crippen LogP contribution in [0.2, 0.25) is 5.02 Å². The standard InChI is InChI=1S/C21H13ClFNO2S2/c1-26-18-9-6-12-4-2-3-5-14(12)15(18)11-19-20(25)24(21(27)28-19)13-7-8-17(23)16(22)10-13/h2-11H,1H3/b19-11-. The van der Waals surface area contributed by atoms with Crippen molar-refractivity contribution in [1.29, 1.82) is 0 Å². The molecule has 1 amide bonds. The summed E-state index contributed by atoms with van der Waals surface area (Å²) in [5.41, 5.74) is 1.24. The molecule has 0 unspecified atom stereocenters. The number of halogens is 2. The van der Waals surface area contributed by atoms with E-state index in [0.29, 0.717) is 20.7 Å². The third-order valence-electron chi connectivity index (χ3n) is 4.38. The second kappa shape index (κ2) is 7.54. The lowest BCUT2D eigenvalue weighted by Gasteiger charge is -2.15. The molecule has 140 valence electrons. The van der Waals surface area contributed by atoms with Crippen LogP contribution in [0.3, 0.4) is 0 Å². The number of fused-ring (bicyclic) bond motifs is 1. The fourth-order valence-electron chi connectivity index (χ4n) is 3.05. The van der Waals surface area contributed by atoms with Crippen LogP contribution in [0, 0.1) is 5.82 Å². The van der Waals surface area contributed by atoms with Gasteiger partial charge in [0.2, 0.25) is 0 Å². The predicted octanol–water partition coefficient (Wildman–Crippen LogP) is 6.05. The Bertz CT molecular complexity index is 1160. The lowest BCUT2D eigenvalue weighted by molar-refractivity contribution is -0.113. The van der Waals surface area contributed by atoms with Gasteiger partial charge in [0.25, 0.3) is 5.91 Å². The Hall–Kier alpha value is -2.41. The topological polar surface area (TPSA) is 29.5 Å². The maximum absolute atomic E-state index is 13.5. The minimum Gasteiger partial charge on any atom is -0.496 e. The van der Waals surface area contributed by atoms with Crippen molar-refractivity contribution in [1.82, 2.24) is 0 Å². The van der Waals surface area contributed by atoms with Crippen LogP contribution >= 0.6 is 35.6 Å². The monoisotopic (exact) mass is 429 g/mol. The maximum Gasteiger partial charge on any atom is 0.270 e. The van der Waals surface area contributed by atoms with Crippen molar-refractivity contribution in [3.63, 3.8) is 0 Å². The first kappa shape index (κ1) is 18.9. The number of carbonyl (C=O) groups is 1. The van der Waals surface area contributed by atoms with E-state index in [9.17, 15) is 9.18 Å². The van der Waals surface area contributed by atoms with Gasteiger partial charge in [0.05, 0.1) is 22.7 Å². The first-order valence-corrected chi connectivity index (χ1v) is 9.88. The third-order valence-corrected chi connectivity index (χ3v) is 5.97. The van der Waals surface area contributed by atoms with Crippen molar-refractivity contribution in [2.45, 2.75) is 0 Å². The first-order chi connectivity index (χ1) is 13.5. The molecule has 0 N–H and O–H groups in total. The van der Waals surface area contributed by atoms with Crippen molar-refractivity contribution in [3.8, 4) is 5.75 Å². The summed E-state index contributed by atoms with van der Waals surface area (Å²) in [4.78, 5) is 14.8. The fourth-order valence-corrected chi connectivity index (χ4v) is 4.50. The highest BCUT2D eigenvalue weighted by molar-refractivity contribution is 8.27. The molecular weight excluding hydrogens is 417 g/mol. The molecule has 1 heterocycles. The molecule has 3 aromatic carbocycles. The lowest BCUT2D eigenvalue weighted by Crippen LogP contribution is -2.27. The van der Waals surface area contributed by atoms with Gasteiger partial charge >= 0.3 is 0 Å². The molecule has 0 aromatic heterocycles. The van der Waals surface area contributed by atoms with E-state index in [-0.39, 0.29) is 10.9 Å². The zero-order chi connectivity index (χ0) is 19.8. The molecule has 4 rings (SSSR count). The highest BCUT2D eigenvalue weighted by atomic mass is 35.5. The number of hydrogen-bond donors (Lipinski definition) is 0. The van der Waals surface area contributed by atoms with E-state index < -0.39 is 5.82 Å². The summed E-state index contributed by atoms with van der Waals surface area (Å²) in [7, 11) is 1.59. The Labute approximate surface area is 175 Å². The molecule has 1 fully saturated rings. The number of thioether (sulfide) groups is 1. The molecule has 1 aliphatic rings. The van der Waals surface area contributed by atoms with Gasteiger partial charge in [-0.2, -0.15) is 0 Å². The summed E-state index contributed by atoms with van der Waals surface area (Å²) < 4.78 is 19.3. The predicted molar refractivity (Wildman–Crippen MR) is 118 cm³/mol. The summed E-state index contributed by atoms with van der Waals surface area (Å²) in [6, 6.07) is 15.8. The minimum absolute atomic E-state index is 0.0637. The SMILES string of the molecule is COc1ccc2ccccc2c1/C=C1\SC(=S)N(c2ccc(F)c(Cl)c2)C1=O. The Balaban J connectivity index is 1.80. The molecule has 1 aliphatic heterocycles. The number of benzene rings is 3. The Morgan fingerprint density at radius 1 is 1.18 bits per heavy atom. The van der Waals surface area contributed by atoms with Crippen molar-refractivity contribution in [2.24, 2.45) is 0 Å². The Morgan fingerprint density at radius 3 is 2.71 bits per heavy atom. The molecule has 1 saturated heterocycles. The fraction of sp³-hybridized carbons (Fsp3) is 0.0476. The Kier molecular flexibility index (Phi) is 5.10. The molecule has 0 bridgehead atoms. The number of methoxy groups -OCH3 is 1. The number of thiocarbonyl (C=S) groups is 1. The second-order valence-electron chi connectivity index (χ2n) is 6.02. The van der Waals surface area contributed by atoms with Crippen LogP contribution in [0.5, 0.6) is 5.75 Å². The highest BCUT2D eigenvalue weighted by Gasteiger charge is 2.34. The van der Waals surface area contributed by atoms with E-state index in [0.717, 1.165) is 16.3 Å². The molecule has 28 heavy (non-hydrogen) atoms. The zero-order valence-electron chi connectivity index (χ0n) is 14.6. The normalized spacial score (nSPS) is 15.7. The van der Waals surface area contributed by atoms with Crippen LogP contribution in [-0.2, 0) is 4.79 Å². The van der Waals surface area contributed by atoms with Gasteiger partial charge in [-0.1, -0.05) is 65.9 Å². The summed E-state index contributed by atoms with van der Waals surface area (Å²) in [6.45, 7) is 0.